The molecular formula is C10H7ClF3N3OS. The van der Waals surface area contributed by atoms with Gasteiger partial charge in [-0.2, -0.15) is 18.3 Å². The molecule has 19 heavy (non-hydrogen) atoms. The number of nitrogens with one attached hydrogen (secondary N) is 1. The number of aliphatic hydroxyl groups excluding tert-OH is 1. The quantitative estimate of drug-likeness (QED) is 0.838. The first-order valence-corrected chi connectivity index (χ1v) is 5.77. The standard InChI is InChI=1S/C10H7ClF3N3OS/c11-6-1-5(10(12,13)14)2-7(3-6)17-8(4-18)15-16-9(17)19/h1-3,18H,4H2,(H,16,19). The van der Waals surface area contributed by atoms with Crippen molar-refractivity contribution in [2.75, 3.05) is 0 Å². The molecule has 0 spiro atoms. The molecule has 0 unspecified atom stereocenters. The Hall–Kier alpha value is -1.38. The van der Waals surface area contributed by atoms with Gasteiger partial charge in [0.15, 0.2) is 10.6 Å². The third kappa shape index (κ3) is 2.80. The molecule has 0 aliphatic carbocycles. The second-order valence-electron chi connectivity index (χ2n) is 3.63. The molecule has 1 aromatic carbocycles. The highest BCUT2D eigenvalue weighted by molar-refractivity contribution is 7.71. The third-order valence-electron chi connectivity index (χ3n) is 2.35. The van der Waals surface area contributed by atoms with Crippen LogP contribution in [0.15, 0.2) is 18.2 Å². The number of rotatable bonds is 2. The van der Waals surface area contributed by atoms with E-state index in [2.05, 4.69) is 10.2 Å². The van der Waals surface area contributed by atoms with Crippen LogP contribution in [0, 0.1) is 4.77 Å². The first-order valence-electron chi connectivity index (χ1n) is 4.98. The zero-order valence-electron chi connectivity index (χ0n) is 9.20. The molecule has 2 rings (SSSR count). The first kappa shape index (κ1) is 14.0. The van der Waals surface area contributed by atoms with Crippen molar-refractivity contribution in [2.45, 2.75) is 12.8 Å². The lowest BCUT2D eigenvalue weighted by Gasteiger charge is -2.11. The number of benzene rings is 1. The van der Waals surface area contributed by atoms with Gasteiger partial charge in [-0.3, -0.25) is 9.67 Å². The lowest BCUT2D eigenvalue weighted by Crippen LogP contribution is -2.08. The fraction of sp³-hybridized carbons (Fsp3) is 0.200. The molecule has 102 valence electrons. The van der Waals surface area contributed by atoms with E-state index < -0.39 is 18.3 Å². The molecule has 2 aromatic rings. The monoisotopic (exact) mass is 309 g/mol. The van der Waals surface area contributed by atoms with E-state index in [9.17, 15) is 13.2 Å². The minimum Gasteiger partial charge on any atom is -0.388 e. The number of aromatic nitrogens is 3. The smallest absolute Gasteiger partial charge is 0.388 e. The summed E-state index contributed by atoms with van der Waals surface area (Å²) in [6.07, 6.45) is -4.52. The van der Waals surface area contributed by atoms with Crippen LogP contribution in [0.4, 0.5) is 13.2 Å². The summed E-state index contributed by atoms with van der Waals surface area (Å²) in [4.78, 5) is 0. The number of aliphatic hydroxyl groups is 1. The molecule has 0 atom stereocenters. The third-order valence-corrected chi connectivity index (χ3v) is 2.84. The van der Waals surface area contributed by atoms with Crippen molar-refractivity contribution in [3.63, 3.8) is 0 Å². The topological polar surface area (TPSA) is 53.8 Å². The van der Waals surface area contributed by atoms with Crippen LogP contribution in [0.1, 0.15) is 11.4 Å². The zero-order chi connectivity index (χ0) is 14.2. The molecule has 0 aliphatic heterocycles. The van der Waals surface area contributed by atoms with Crippen molar-refractivity contribution >= 4 is 23.8 Å². The molecule has 0 radical (unpaired) electrons. The lowest BCUT2D eigenvalue weighted by atomic mass is 10.2. The molecule has 0 aliphatic rings. The molecule has 4 nitrogen and oxygen atoms in total. The Balaban J connectivity index is 2.66. The number of nitrogens with zero attached hydrogens (tertiary/aromatic N) is 2. The summed E-state index contributed by atoms with van der Waals surface area (Å²) in [5.41, 5.74) is -0.815. The van der Waals surface area contributed by atoms with Crippen molar-refractivity contribution in [1.29, 1.82) is 0 Å². The Morgan fingerprint density at radius 1 is 1.37 bits per heavy atom. The van der Waals surface area contributed by atoms with Gasteiger partial charge in [0.05, 0.1) is 11.3 Å². The lowest BCUT2D eigenvalue weighted by molar-refractivity contribution is -0.137. The molecular weight excluding hydrogens is 303 g/mol. The van der Waals surface area contributed by atoms with E-state index >= 15 is 0 Å². The van der Waals surface area contributed by atoms with Gasteiger partial charge in [-0.25, -0.2) is 0 Å². The minimum atomic E-state index is -4.52. The second-order valence-corrected chi connectivity index (χ2v) is 4.46. The van der Waals surface area contributed by atoms with E-state index in [0.717, 1.165) is 12.1 Å². The number of alkyl halides is 3. The Kier molecular flexibility index (Phi) is 3.66. The number of hydrogen-bond acceptors (Lipinski definition) is 3. The maximum Gasteiger partial charge on any atom is 0.416 e. The van der Waals surface area contributed by atoms with Gasteiger partial charge >= 0.3 is 6.18 Å². The maximum atomic E-state index is 12.7. The van der Waals surface area contributed by atoms with Crippen molar-refractivity contribution in [2.24, 2.45) is 0 Å². The number of aromatic amines is 1. The van der Waals surface area contributed by atoms with E-state index in [4.69, 9.17) is 28.9 Å². The Bertz CT molecular complexity index is 665. The van der Waals surface area contributed by atoms with E-state index in [1.165, 1.54) is 10.6 Å². The van der Waals surface area contributed by atoms with E-state index in [1.54, 1.807) is 0 Å². The number of halogens is 4. The highest BCUT2D eigenvalue weighted by Gasteiger charge is 2.31. The van der Waals surface area contributed by atoms with Gasteiger partial charge in [-0.05, 0) is 30.4 Å². The predicted octanol–water partition coefficient (Wildman–Crippen LogP) is 3.09. The van der Waals surface area contributed by atoms with Gasteiger partial charge in [0.2, 0.25) is 0 Å². The summed E-state index contributed by atoms with van der Waals surface area (Å²) in [6.45, 7) is -0.471. The van der Waals surface area contributed by atoms with Crippen molar-refractivity contribution in [3.8, 4) is 5.69 Å². The van der Waals surface area contributed by atoms with Crippen molar-refractivity contribution in [3.05, 3.63) is 39.4 Å². The van der Waals surface area contributed by atoms with Crippen LogP contribution in [-0.2, 0) is 12.8 Å². The van der Waals surface area contributed by atoms with E-state index in [-0.39, 0.29) is 21.3 Å². The summed E-state index contributed by atoms with van der Waals surface area (Å²) in [5, 5.41) is 15.1. The normalized spacial score (nSPS) is 11.8. The minimum absolute atomic E-state index is 0.0689. The van der Waals surface area contributed by atoms with Crippen LogP contribution in [-0.4, -0.2) is 19.9 Å². The van der Waals surface area contributed by atoms with Gasteiger partial charge in [-0.15, -0.1) is 0 Å². The molecule has 0 saturated carbocycles. The van der Waals surface area contributed by atoms with E-state index in [1.807, 2.05) is 0 Å². The largest absolute Gasteiger partial charge is 0.416 e. The van der Waals surface area contributed by atoms with Gasteiger partial charge in [0.1, 0.15) is 6.61 Å². The Labute approximate surface area is 115 Å². The second kappa shape index (κ2) is 4.95. The molecule has 0 bridgehead atoms. The zero-order valence-corrected chi connectivity index (χ0v) is 10.8. The summed E-state index contributed by atoms with van der Waals surface area (Å²) < 4.78 is 39.4. The van der Waals surface area contributed by atoms with Crippen LogP contribution in [0.5, 0.6) is 0 Å². The highest BCUT2D eigenvalue weighted by atomic mass is 35.5. The highest BCUT2D eigenvalue weighted by Crippen LogP contribution is 2.33. The molecule has 0 saturated heterocycles. The maximum absolute atomic E-state index is 12.7. The van der Waals surface area contributed by atoms with Crippen LogP contribution >= 0.6 is 23.8 Å². The van der Waals surface area contributed by atoms with Crippen molar-refractivity contribution in [1.82, 2.24) is 14.8 Å². The summed E-state index contributed by atoms with van der Waals surface area (Å²) in [7, 11) is 0. The summed E-state index contributed by atoms with van der Waals surface area (Å²) in [5.74, 6) is 0.0976. The van der Waals surface area contributed by atoms with Gasteiger partial charge < -0.3 is 5.11 Å². The average Bonchev–Trinajstić information content (AvgIpc) is 2.68. The van der Waals surface area contributed by atoms with Crippen LogP contribution in [0.25, 0.3) is 5.69 Å². The fourth-order valence-electron chi connectivity index (χ4n) is 1.57. The van der Waals surface area contributed by atoms with Crippen LogP contribution < -0.4 is 0 Å². The molecule has 0 fully saturated rings. The number of H-pyrrole nitrogens is 1. The molecule has 0 amide bonds. The van der Waals surface area contributed by atoms with Crippen molar-refractivity contribution < 1.29 is 18.3 Å². The molecule has 1 heterocycles. The fourth-order valence-corrected chi connectivity index (χ4v) is 2.05. The molecule has 1 aromatic heterocycles. The summed E-state index contributed by atoms with van der Waals surface area (Å²) in [6, 6.07) is 3.00. The Morgan fingerprint density at radius 3 is 2.63 bits per heavy atom. The van der Waals surface area contributed by atoms with E-state index in [0.29, 0.717) is 0 Å². The Morgan fingerprint density at radius 2 is 2.05 bits per heavy atom. The first-order chi connectivity index (χ1) is 8.82. The predicted molar refractivity (Wildman–Crippen MR) is 64.7 cm³/mol. The average molecular weight is 310 g/mol. The van der Waals surface area contributed by atoms with Gasteiger partial charge in [-0.1, -0.05) is 11.6 Å². The SMILES string of the molecule is OCc1n[nH]c(=S)n1-c1cc(Cl)cc(C(F)(F)F)c1. The molecule has 2 N–H and O–H groups in total. The van der Waals surface area contributed by atoms with Crippen LogP contribution in [0.2, 0.25) is 5.02 Å². The van der Waals surface area contributed by atoms with Gasteiger partial charge in [0.25, 0.3) is 0 Å². The molecule has 9 heteroatoms. The van der Waals surface area contributed by atoms with Gasteiger partial charge in [0, 0.05) is 5.02 Å². The number of hydrogen-bond donors (Lipinski definition) is 2. The van der Waals surface area contributed by atoms with Crippen LogP contribution in [0.3, 0.4) is 0 Å². The summed E-state index contributed by atoms with van der Waals surface area (Å²) >= 11 is 10.6.